The Kier molecular flexibility index (Phi) is 2.86. The van der Waals surface area contributed by atoms with Crippen molar-refractivity contribution >= 4 is 11.7 Å². The molecule has 2 aromatic rings. The van der Waals surface area contributed by atoms with Crippen molar-refractivity contribution < 1.29 is 14.3 Å². The zero-order chi connectivity index (χ0) is 11.4. The number of carbonyl (C=O) groups is 1. The van der Waals surface area contributed by atoms with Crippen molar-refractivity contribution in [2.24, 2.45) is 0 Å². The molecule has 2 aromatic heterocycles. The fourth-order valence-electron chi connectivity index (χ4n) is 1.25. The lowest BCUT2D eigenvalue weighted by atomic mass is 10.4. The van der Waals surface area contributed by atoms with Crippen LogP contribution in [0.15, 0.2) is 41.1 Å². The van der Waals surface area contributed by atoms with Gasteiger partial charge in [0.15, 0.2) is 0 Å². The number of pyridine rings is 1. The maximum absolute atomic E-state index is 10.6. The molecule has 0 bridgehead atoms. The summed E-state index contributed by atoms with van der Waals surface area (Å²) >= 11 is 0. The van der Waals surface area contributed by atoms with Crippen molar-refractivity contribution in [1.29, 1.82) is 0 Å². The molecule has 0 saturated heterocycles. The molecular formula is C11H10N2O3. The number of hydrogen-bond donors (Lipinski definition) is 2. The van der Waals surface area contributed by atoms with Gasteiger partial charge in [-0.25, -0.2) is 4.79 Å². The van der Waals surface area contributed by atoms with E-state index in [4.69, 9.17) is 9.52 Å². The molecule has 0 aromatic carbocycles. The summed E-state index contributed by atoms with van der Waals surface area (Å²) in [6, 6.07) is 6.71. The average Bonchev–Trinajstić information content (AvgIpc) is 2.76. The Bertz CT molecular complexity index is 479. The van der Waals surface area contributed by atoms with Crippen molar-refractivity contribution in [3.05, 3.63) is 48.2 Å². The number of carboxylic acid groups (broad SMARTS) is 1. The molecule has 0 aliphatic rings. The van der Waals surface area contributed by atoms with Crippen molar-refractivity contribution in [3.63, 3.8) is 0 Å². The second-order valence-corrected chi connectivity index (χ2v) is 3.16. The Morgan fingerprint density at radius 1 is 1.31 bits per heavy atom. The molecule has 0 radical (unpaired) electrons. The van der Waals surface area contributed by atoms with Crippen LogP contribution in [0.1, 0.15) is 16.3 Å². The predicted octanol–water partition coefficient (Wildman–Crippen LogP) is 1.98. The minimum absolute atomic E-state index is 0.0495. The average molecular weight is 218 g/mol. The third-order valence-electron chi connectivity index (χ3n) is 2.02. The van der Waals surface area contributed by atoms with Gasteiger partial charge in [-0.15, -0.1) is 0 Å². The van der Waals surface area contributed by atoms with E-state index >= 15 is 0 Å². The minimum atomic E-state index is -1.06. The molecule has 0 spiro atoms. The van der Waals surface area contributed by atoms with Gasteiger partial charge in [0.2, 0.25) is 5.76 Å². The molecule has 0 fully saturated rings. The van der Waals surface area contributed by atoms with Crippen LogP contribution >= 0.6 is 0 Å². The van der Waals surface area contributed by atoms with Crippen LogP contribution in [-0.2, 0) is 6.54 Å². The summed E-state index contributed by atoms with van der Waals surface area (Å²) in [5, 5.41) is 11.7. The summed E-state index contributed by atoms with van der Waals surface area (Å²) in [6.45, 7) is 0.442. The summed E-state index contributed by atoms with van der Waals surface area (Å²) in [7, 11) is 0. The van der Waals surface area contributed by atoms with E-state index in [0.717, 1.165) is 5.69 Å². The molecule has 0 saturated carbocycles. The topological polar surface area (TPSA) is 75.4 Å². The van der Waals surface area contributed by atoms with Gasteiger partial charge < -0.3 is 14.8 Å². The van der Waals surface area contributed by atoms with E-state index in [1.54, 1.807) is 18.5 Å². The summed E-state index contributed by atoms with van der Waals surface area (Å²) in [5.74, 6) is -0.532. The van der Waals surface area contributed by atoms with Crippen molar-refractivity contribution in [2.45, 2.75) is 6.54 Å². The molecule has 16 heavy (non-hydrogen) atoms. The lowest BCUT2D eigenvalue weighted by Crippen LogP contribution is -1.98. The molecule has 5 nitrogen and oxygen atoms in total. The van der Waals surface area contributed by atoms with Crippen LogP contribution in [0, 0.1) is 0 Å². The second-order valence-electron chi connectivity index (χ2n) is 3.16. The van der Waals surface area contributed by atoms with E-state index in [-0.39, 0.29) is 5.76 Å². The van der Waals surface area contributed by atoms with Crippen LogP contribution < -0.4 is 5.32 Å². The van der Waals surface area contributed by atoms with Crippen LogP contribution in [0.5, 0.6) is 0 Å². The summed E-state index contributed by atoms with van der Waals surface area (Å²) in [4.78, 5) is 14.5. The van der Waals surface area contributed by atoms with Gasteiger partial charge in [-0.1, -0.05) is 0 Å². The highest BCUT2D eigenvalue weighted by Crippen LogP contribution is 2.11. The van der Waals surface area contributed by atoms with E-state index < -0.39 is 5.97 Å². The van der Waals surface area contributed by atoms with E-state index in [1.165, 1.54) is 6.07 Å². The Balaban J connectivity index is 1.97. The first kappa shape index (κ1) is 10.2. The predicted molar refractivity (Wildman–Crippen MR) is 57.2 cm³/mol. The van der Waals surface area contributed by atoms with Gasteiger partial charge >= 0.3 is 5.97 Å². The first-order chi connectivity index (χ1) is 7.75. The van der Waals surface area contributed by atoms with Crippen LogP contribution in [0.4, 0.5) is 5.69 Å². The zero-order valence-electron chi connectivity index (χ0n) is 8.38. The number of rotatable bonds is 4. The Hall–Kier alpha value is -2.30. The van der Waals surface area contributed by atoms with Crippen LogP contribution in [-0.4, -0.2) is 16.1 Å². The number of hydrogen-bond acceptors (Lipinski definition) is 4. The molecule has 2 rings (SSSR count). The fourth-order valence-corrected chi connectivity index (χ4v) is 1.25. The van der Waals surface area contributed by atoms with Gasteiger partial charge in [0.1, 0.15) is 5.76 Å². The first-order valence-corrected chi connectivity index (χ1v) is 4.71. The number of anilines is 1. The Morgan fingerprint density at radius 3 is 2.69 bits per heavy atom. The number of carboxylic acids is 1. The van der Waals surface area contributed by atoms with Gasteiger partial charge in [0, 0.05) is 18.1 Å². The van der Waals surface area contributed by atoms with Crippen LogP contribution in [0.3, 0.4) is 0 Å². The third kappa shape index (κ3) is 2.38. The highest BCUT2D eigenvalue weighted by molar-refractivity contribution is 5.84. The van der Waals surface area contributed by atoms with Gasteiger partial charge in [0.05, 0.1) is 6.54 Å². The quantitative estimate of drug-likeness (QED) is 0.820. The van der Waals surface area contributed by atoms with Gasteiger partial charge in [-0.2, -0.15) is 0 Å². The van der Waals surface area contributed by atoms with Crippen molar-refractivity contribution in [1.82, 2.24) is 4.98 Å². The number of furan rings is 1. The molecule has 0 atom stereocenters. The number of aromatic carboxylic acids is 1. The summed E-state index contributed by atoms with van der Waals surface area (Å²) < 4.78 is 5.09. The second kappa shape index (κ2) is 4.48. The first-order valence-electron chi connectivity index (χ1n) is 4.71. The SMILES string of the molecule is O=C(O)c1ccc(CNc2ccncc2)o1. The van der Waals surface area contributed by atoms with E-state index in [0.29, 0.717) is 12.3 Å². The van der Waals surface area contributed by atoms with E-state index in [1.807, 2.05) is 12.1 Å². The maximum Gasteiger partial charge on any atom is 0.371 e. The summed E-state index contributed by atoms with van der Waals surface area (Å²) in [5.41, 5.74) is 0.906. The molecule has 5 heteroatoms. The highest BCUT2D eigenvalue weighted by atomic mass is 16.4. The lowest BCUT2D eigenvalue weighted by molar-refractivity contribution is 0.0660. The normalized spacial score (nSPS) is 10.0. The van der Waals surface area contributed by atoms with Crippen LogP contribution in [0.25, 0.3) is 0 Å². The number of nitrogens with zero attached hydrogens (tertiary/aromatic N) is 1. The molecule has 2 N–H and O–H groups in total. The Morgan fingerprint density at radius 2 is 2.06 bits per heavy atom. The molecule has 2 heterocycles. The summed E-state index contributed by atoms with van der Waals surface area (Å²) in [6.07, 6.45) is 3.35. The van der Waals surface area contributed by atoms with Crippen molar-refractivity contribution in [2.75, 3.05) is 5.32 Å². The van der Waals surface area contributed by atoms with E-state index in [9.17, 15) is 4.79 Å². The molecule has 0 unspecified atom stereocenters. The molecule has 0 aliphatic heterocycles. The molecular weight excluding hydrogens is 208 g/mol. The smallest absolute Gasteiger partial charge is 0.371 e. The number of aromatic nitrogens is 1. The number of nitrogens with one attached hydrogen (secondary N) is 1. The third-order valence-corrected chi connectivity index (χ3v) is 2.02. The molecule has 0 amide bonds. The fraction of sp³-hybridized carbons (Fsp3) is 0.0909. The lowest BCUT2D eigenvalue weighted by Gasteiger charge is -2.02. The molecule has 0 aliphatic carbocycles. The highest BCUT2D eigenvalue weighted by Gasteiger charge is 2.08. The zero-order valence-corrected chi connectivity index (χ0v) is 8.38. The van der Waals surface area contributed by atoms with Crippen molar-refractivity contribution in [3.8, 4) is 0 Å². The largest absolute Gasteiger partial charge is 0.475 e. The standard InChI is InChI=1S/C11H10N2O3/c14-11(15)10-2-1-9(16-10)7-13-8-3-5-12-6-4-8/h1-6H,7H2,(H,12,13)(H,14,15). The van der Waals surface area contributed by atoms with E-state index in [2.05, 4.69) is 10.3 Å². The van der Waals surface area contributed by atoms with Gasteiger partial charge in [-0.3, -0.25) is 4.98 Å². The van der Waals surface area contributed by atoms with Gasteiger partial charge in [0.25, 0.3) is 0 Å². The minimum Gasteiger partial charge on any atom is -0.475 e. The van der Waals surface area contributed by atoms with Crippen LogP contribution in [0.2, 0.25) is 0 Å². The maximum atomic E-state index is 10.6. The van der Waals surface area contributed by atoms with Gasteiger partial charge in [-0.05, 0) is 24.3 Å². The monoisotopic (exact) mass is 218 g/mol. The molecule has 82 valence electrons. The Labute approximate surface area is 91.7 Å².